The average molecular weight is 433 g/mol. The quantitative estimate of drug-likeness (QED) is 0.488. The van der Waals surface area contributed by atoms with Crippen molar-refractivity contribution in [2.75, 3.05) is 36.5 Å². The number of aliphatic carboxylic acids is 1. The standard InChI is InChI=1S/C26H28N2O4/c29-26(30)19-32-23-13-11-21(12-14-23)27-18-20-6-4-10-25-24(20)9-5-15-28(25)16-17-31-22-7-2-1-3-8-22/h1-4,6-8,10-14,27H,5,9,15-19H2,(H,29,30). The maximum absolute atomic E-state index is 10.6. The van der Waals surface area contributed by atoms with Crippen LogP contribution in [0.4, 0.5) is 11.4 Å². The van der Waals surface area contributed by atoms with Crippen LogP contribution in [0.2, 0.25) is 0 Å². The Hall–Kier alpha value is -3.67. The highest BCUT2D eigenvalue weighted by Gasteiger charge is 2.19. The lowest BCUT2D eigenvalue weighted by atomic mass is 9.96. The van der Waals surface area contributed by atoms with Gasteiger partial charge in [-0.2, -0.15) is 0 Å². The summed E-state index contributed by atoms with van der Waals surface area (Å²) in [6, 6.07) is 23.8. The molecule has 166 valence electrons. The normalized spacial score (nSPS) is 12.7. The number of rotatable bonds is 10. The number of carboxylic acid groups (broad SMARTS) is 1. The number of benzene rings is 3. The third kappa shape index (κ3) is 5.72. The van der Waals surface area contributed by atoms with Gasteiger partial charge in [0, 0.05) is 24.5 Å². The first-order valence-electron chi connectivity index (χ1n) is 10.9. The summed E-state index contributed by atoms with van der Waals surface area (Å²) in [6.45, 7) is 2.95. The van der Waals surface area contributed by atoms with Crippen molar-refractivity contribution in [2.45, 2.75) is 19.4 Å². The Labute approximate surface area is 188 Å². The monoisotopic (exact) mass is 432 g/mol. The van der Waals surface area contributed by atoms with E-state index in [0.29, 0.717) is 12.4 Å². The lowest BCUT2D eigenvalue weighted by molar-refractivity contribution is -0.139. The number of carboxylic acids is 1. The minimum Gasteiger partial charge on any atom is -0.492 e. The van der Waals surface area contributed by atoms with Crippen LogP contribution < -0.4 is 19.7 Å². The molecule has 0 spiro atoms. The number of nitrogens with zero attached hydrogens (tertiary/aromatic N) is 1. The molecule has 0 unspecified atom stereocenters. The van der Waals surface area contributed by atoms with Gasteiger partial charge in [-0.25, -0.2) is 4.79 Å². The first-order chi connectivity index (χ1) is 15.7. The molecule has 6 nitrogen and oxygen atoms in total. The molecule has 3 aromatic carbocycles. The summed E-state index contributed by atoms with van der Waals surface area (Å²) >= 11 is 0. The number of anilines is 2. The summed E-state index contributed by atoms with van der Waals surface area (Å²) in [5.74, 6) is 0.465. The number of nitrogens with one attached hydrogen (secondary N) is 1. The van der Waals surface area contributed by atoms with Crippen LogP contribution in [0.5, 0.6) is 11.5 Å². The predicted octanol–water partition coefficient (Wildman–Crippen LogP) is 4.59. The third-order valence-electron chi connectivity index (χ3n) is 5.52. The van der Waals surface area contributed by atoms with Gasteiger partial charge in [0.1, 0.15) is 18.1 Å². The van der Waals surface area contributed by atoms with Crippen molar-refractivity contribution in [1.82, 2.24) is 0 Å². The van der Waals surface area contributed by atoms with E-state index >= 15 is 0 Å². The zero-order valence-electron chi connectivity index (χ0n) is 18.0. The molecule has 2 N–H and O–H groups in total. The van der Waals surface area contributed by atoms with Crippen LogP contribution in [0.3, 0.4) is 0 Å². The number of hydrogen-bond donors (Lipinski definition) is 2. The van der Waals surface area contributed by atoms with E-state index in [1.807, 2.05) is 42.5 Å². The summed E-state index contributed by atoms with van der Waals surface area (Å²) < 4.78 is 11.1. The largest absolute Gasteiger partial charge is 0.492 e. The van der Waals surface area contributed by atoms with Gasteiger partial charge < -0.3 is 24.8 Å². The molecule has 0 saturated carbocycles. The molecular formula is C26H28N2O4. The number of fused-ring (bicyclic) bond motifs is 1. The van der Waals surface area contributed by atoms with Crippen molar-refractivity contribution in [1.29, 1.82) is 0 Å². The molecule has 1 aliphatic rings. The van der Waals surface area contributed by atoms with Crippen LogP contribution in [0.25, 0.3) is 0 Å². The minimum atomic E-state index is -0.985. The van der Waals surface area contributed by atoms with Crippen molar-refractivity contribution in [3.05, 3.63) is 83.9 Å². The highest BCUT2D eigenvalue weighted by Crippen LogP contribution is 2.30. The molecule has 1 aliphatic heterocycles. The second kappa shape index (κ2) is 10.6. The lowest BCUT2D eigenvalue weighted by Gasteiger charge is -2.32. The lowest BCUT2D eigenvalue weighted by Crippen LogP contribution is -2.33. The molecular weight excluding hydrogens is 404 g/mol. The van der Waals surface area contributed by atoms with E-state index in [2.05, 4.69) is 28.4 Å². The SMILES string of the molecule is O=C(O)COc1ccc(NCc2cccc3c2CCCN3CCOc2ccccc2)cc1. The number of para-hydroxylation sites is 1. The van der Waals surface area contributed by atoms with Crippen molar-refractivity contribution < 1.29 is 19.4 Å². The highest BCUT2D eigenvalue weighted by atomic mass is 16.5. The van der Waals surface area contributed by atoms with Crippen LogP contribution in [0.1, 0.15) is 17.5 Å². The van der Waals surface area contributed by atoms with Gasteiger partial charge in [0.05, 0.1) is 6.54 Å². The second-order valence-electron chi connectivity index (χ2n) is 7.73. The van der Waals surface area contributed by atoms with Crippen LogP contribution in [0.15, 0.2) is 72.8 Å². The van der Waals surface area contributed by atoms with Crippen molar-refractivity contribution in [3.8, 4) is 11.5 Å². The zero-order chi connectivity index (χ0) is 22.2. The summed E-state index contributed by atoms with van der Waals surface area (Å²) in [4.78, 5) is 13.0. The second-order valence-corrected chi connectivity index (χ2v) is 7.73. The van der Waals surface area contributed by atoms with Gasteiger partial charge >= 0.3 is 5.97 Å². The van der Waals surface area contributed by atoms with Crippen LogP contribution in [-0.4, -0.2) is 37.4 Å². The van der Waals surface area contributed by atoms with E-state index < -0.39 is 5.97 Å². The smallest absolute Gasteiger partial charge is 0.341 e. The molecule has 3 aromatic rings. The molecule has 0 amide bonds. The fraction of sp³-hybridized carbons (Fsp3) is 0.269. The van der Waals surface area contributed by atoms with E-state index in [0.717, 1.165) is 43.9 Å². The van der Waals surface area contributed by atoms with Gasteiger partial charge in [-0.15, -0.1) is 0 Å². The Morgan fingerprint density at radius 3 is 2.50 bits per heavy atom. The molecule has 0 fully saturated rings. The Bertz CT molecular complexity index is 1020. The van der Waals surface area contributed by atoms with E-state index in [1.54, 1.807) is 12.1 Å². The summed E-state index contributed by atoms with van der Waals surface area (Å²) in [5, 5.41) is 12.2. The Kier molecular flexibility index (Phi) is 7.12. The van der Waals surface area contributed by atoms with Crippen molar-refractivity contribution in [3.63, 3.8) is 0 Å². The molecule has 0 aliphatic carbocycles. The first-order valence-corrected chi connectivity index (χ1v) is 10.9. The van der Waals surface area contributed by atoms with Crippen LogP contribution >= 0.6 is 0 Å². The van der Waals surface area contributed by atoms with E-state index in [4.69, 9.17) is 14.6 Å². The summed E-state index contributed by atoms with van der Waals surface area (Å²) in [7, 11) is 0. The van der Waals surface area contributed by atoms with Crippen LogP contribution in [-0.2, 0) is 17.8 Å². The maximum Gasteiger partial charge on any atom is 0.341 e. The van der Waals surface area contributed by atoms with Gasteiger partial charge in [-0.05, 0) is 66.4 Å². The molecule has 4 rings (SSSR count). The topological polar surface area (TPSA) is 71.0 Å². The molecule has 0 radical (unpaired) electrons. The fourth-order valence-corrected chi connectivity index (χ4v) is 3.97. The fourth-order valence-electron chi connectivity index (χ4n) is 3.97. The average Bonchev–Trinajstić information content (AvgIpc) is 2.83. The summed E-state index contributed by atoms with van der Waals surface area (Å²) in [6.07, 6.45) is 2.20. The molecule has 1 heterocycles. The molecule has 0 aromatic heterocycles. The molecule has 0 atom stereocenters. The summed E-state index contributed by atoms with van der Waals surface area (Å²) in [5.41, 5.74) is 4.95. The zero-order valence-corrected chi connectivity index (χ0v) is 18.0. The molecule has 0 saturated heterocycles. The maximum atomic E-state index is 10.6. The molecule has 32 heavy (non-hydrogen) atoms. The van der Waals surface area contributed by atoms with Gasteiger partial charge in [-0.1, -0.05) is 30.3 Å². The van der Waals surface area contributed by atoms with Gasteiger partial charge in [0.15, 0.2) is 6.61 Å². The van der Waals surface area contributed by atoms with E-state index in [1.165, 1.54) is 16.8 Å². The van der Waals surface area contributed by atoms with Crippen molar-refractivity contribution in [2.24, 2.45) is 0 Å². The Morgan fingerprint density at radius 1 is 0.938 bits per heavy atom. The number of carbonyl (C=O) groups is 1. The molecule has 0 bridgehead atoms. The minimum absolute atomic E-state index is 0.337. The van der Waals surface area contributed by atoms with Crippen LogP contribution in [0, 0.1) is 0 Å². The van der Waals surface area contributed by atoms with Gasteiger partial charge in [0.25, 0.3) is 0 Å². The van der Waals surface area contributed by atoms with E-state index in [-0.39, 0.29) is 6.61 Å². The number of hydrogen-bond acceptors (Lipinski definition) is 5. The molecule has 6 heteroatoms. The van der Waals surface area contributed by atoms with Crippen molar-refractivity contribution >= 4 is 17.3 Å². The first kappa shape index (κ1) is 21.6. The van der Waals surface area contributed by atoms with Gasteiger partial charge in [-0.3, -0.25) is 0 Å². The van der Waals surface area contributed by atoms with E-state index in [9.17, 15) is 4.79 Å². The highest BCUT2D eigenvalue weighted by molar-refractivity contribution is 5.68. The predicted molar refractivity (Wildman–Crippen MR) is 126 cm³/mol. The third-order valence-corrected chi connectivity index (χ3v) is 5.52. The van der Waals surface area contributed by atoms with Gasteiger partial charge in [0.2, 0.25) is 0 Å². The number of ether oxygens (including phenoxy) is 2. The Morgan fingerprint density at radius 2 is 1.72 bits per heavy atom. The Balaban J connectivity index is 1.35.